The number of amides is 1. The molecule has 8 heteroatoms. The molecule has 1 amide bonds. The van der Waals surface area contributed by atoms with Crippen LogP contribution in [0.4, 0.5) is 4.39 Å². The van der Waals surface area contributed by atoms with E-state index in [9.17, 15) is 17.6 Å². The van der Waals surface area contributed by atoms with Crippen LogP contribution in [-0.2, 0) is 10.0 Å². The average molecular weight is 298 g/mol. The third-order valence-electron chi connectivity index (χ3n) is 2.53. The second kappa shape index (κ2) is 5.43. The summed E-state index contributed by atoms with van der Waals surface area (Å²) in [6, 6.07) is 5.62. The summed E-state index contributed by atoms with van der Waals surface area (Å²) in [5.74, 6) is -0.840. The summed E-state index contributed by atoms with van der Waals surface area (Å²) in [4.78, 5) is 13.5. The van der Waals surface area contributed by atoms with Gasteiger partial charge in [-0.2, -0.15) is 0 Å². The lowest BCUT2D eigenvalue weighted by Crippen LogP contribution is -2.41. The Kier molecular flexibility index (Phi) is 3.86. The van der Waals surface area contributed by atoms with Gasteiger partial charge in [-0.3, -0.25) is 10.2 Å². The van der Waals surface area contributed by atoms with Crippen molar-refractivity contribution in [3.8, 4) is 0 Å². The Morgan fingerprint density at radius 2 is 1.85 bits per heavy atom. The molecule has 6 nitrogen and oxygen atoms in total. The molecule has 0 radical (unpaired) electrons. The van der Waals surface area contributed by atoms with Crippen molar-refractivity contribution in [1.29, 1.82) is 0 Å². The molecule has 2 aromatic rings. The van der Waals surface area contributed by atoms with Crippen LogP contribution in [0, 0.1) is 12.7 Å². The standard InChI is InChI=1S/C12H11FN2O4S/c1-8-11(6-7-19-8)12(16)14-15-20(17,18)10-4-2-9(13)3-5-10/h2-7,15H,1H3,(H,14,16). The predicted molar refractivity (Wildman–Crippen MR) is 67.6 cm³/mol. The third kappa shape index (κ3) is 3.03. The highest BCUT2D eigenvalue weighted by molar-refractivity contribution is 7.89. The minimum Gasteiger partial charge on any atom is -0.469 e. The summed E-state index contributed by atoms with van der Waals surface area (Å²) >= 11 is 0. The molecular formula is C12H11FN2O4S. The number of rotatable bonds is 4. The fraction of sp³-hybridized carbons (Fsp3) is 0.0833. The third-order valence-corrected chi connectivity index (χ3v) is 3.79. The van der Waals surface area contributed by atoms with Crippen molar-refractivity contribution < 1.29 is 22.0 Å². The first-order valence-corrected chi connectivity index (χ1v) is 7.00. The zero-order valence-corrected chi connectivity index (χ0v) is 11.2. The van der Waals surface area contributed by atoms with E-state index in [1.165, 1.54) is 12.3 Å². The molecule has 0 saturated carbocycles. The van der Waals surface area contributed by atoms with Crippen LogP contribution in [-0.4, -0.2) is 14.3 Å². The normalized spacial score (nSPS) is 11.3. The van der Waals surface area contributed by atoms with Crippen LogP contribution in [0.3, 0.4) is 0 Å². The highest BCUT2D eigenvalue weighted by Gasteiger charge is 2.17. The van der Waals surface area contributed by atoms with Crippen LogP contribution in [0.15, 0.2) is 45.9 Å². The van der Waals surface area contributed by atoms with Gasteiger partial charge in [0.1, 0.15) is 11.6 Å². The number of hydrazine groups is 1. The number of carbonyl (C=O) groups excluding carboxylic acids is 1. The molecule has 1 aromatic carbocycles. The average Bonchev–Trinajstić information content (AvgIpc) is 2.83. The largest absolute Gasteiger partial charge is 0.469 e. The van der Waals surface area contributed by atoms with Crippen molar-refractivity contribution >= 4 is 15.9 Å². The number of furan rings is 1. The summed E-state index contributed by atoms with van der Waals surface area (Å²) in [5.41, 5.74) is 2.26. The SMILES string of the molecule is Cc1occc1C(=O)NNS(=O)(=O)c1ccc(F)cc1. The quantitative estimate of drug-likeness (QED) is 0.834. The van der Waals surface area contributed by atoms with Gasteiger partial charge < -0.3 is 4.42 Å². The molecule has 20 heavy (non-hydrogen) atoms. The number of halogens is 1. The summed E-state index contributed by atoms with van der Waals surface area (Å²) in [6.45, 7) is 1.57. The molecule has 1 aromatic heterocycles. The van der Waals surface area contributed by atoms with Crippen LogP contribution in [0.5, 0.6) is 0 Å². The van der Waals surface area contributed by atoms with Gasteiger partial charge in [0.15, 0.2) is 0 Å². The number of carbonyl (C=O) groups is 1. The first-order chi connectivity index (χ1) is 9.40. The van der Waals surface area contributed by atoms with E-state index in [1.54, 1.807) is 6.92 Å². The van der Waals surface area contributed by atoms with Crippen molar-refractivity contribution in [2.45, 2.75) is 11.8 Å². The lowest BCUT2D eigenvalue weighted by Gasteiger charge is -2.07. The van der Waals surface area contributed by atoms with Crippen molar-refractivity contribution in [3.63, 3.8) is 0 Å². The summed E-state index contributed by atoms with van der Waals surface area (Å²) < 4.78 is 41.3. The van der Waals surface area contributed by atoms with Crippen LogP contribution in [0.2, 0.25) is 0 Å². The zero-order chi connectivity index (χ0) is 14.8. The van der Waals surface area contributed by atoms with Gasteiger partial charge in [0.2, 0.25) is 0 Å². The number of hydrogen-bond donors (Lipinski definition) is 2. The first kappa shape index (κ1) is 14.2. The lowest BCUT2D eigenvalue weighted by atomic mass is 10.2. The maximum atomic E-state index is 12.7. The van der Waals surface area contributed by atoms with E-state index in [4.69, 9.17) is 4.42 Å². The van der Waals surface area contributed by atoms with Crippen molar-refractivity contribution in [1.82, 2.24) is 10.3 Å². The molecule has 1 heterocycles. The number of sulfonamides is 1. The molecule has 0 aliphatic rings. The Hall–Kier alpha value is -2.19. The van der Waals surface area contributed by atoms with E-state index >= 15 is 0 Å². The molecule has 0 spiro atoms. The molecule has 0 saturated heterocycles. The Balaban J connectivity index is 2.08. The van der Waals surface area contributed by atoms with E-state index in [1.807, 2.05) is 10.3 Å². The van der Waals surface area contributed by atoms with Gasteiger partial charge in [0.05, 0.1) is 16.7 Å². The Morgan fingerprint density at radius 1 is 1.20 bits per heavy atom. The molecule has 106 valence electrons. The van der Waals surface area contributed by atoms with Gasteiger partial charge in [-0.15, -0.1) is 4.83 Å². The van der Waals surface area contributed by atoms with Crippen LogP contribution < -0.4 is 10.3 Å². The van der Waals surface area contributed by atoms with Crippen molar-refractivity contribution in [2.75, 3.05) is 0 Å². The van der Waals surface area contributed by atoms with E-state index in [-0.39, 0.29) is 10.5 Å². The van der Waals surface area contributed by atoms with Crippen LogP contribution in [0.1, 0.15) is 16.1 Å². The van der Waals surface area contributed by atoms with Crippen molar-refractivity contribution in [3.05, 3.63) is 53.7 Å². The fourth-order valence-corrected chi connectivity index (χ4v) is 2.31. The Labute approximate surface area is 114 Å². The molecule has 0 unspecified atom stereocenters. The van der Waals surface area contributed by atoms with Crippen molar-refractivity contribution in [2.24, 2.45) is 0 Å². The van der Waals surface area contributed by atoms with Crippen LogP contribution >= 0.6 is 0 Å². The molecule has 2 rings (SSSR count). The maximum absolute atomic E-state index is 12.7. The number of nitrogens with one attached hydrogen (secondary N) is 2. The van der Waals surface area contributed by atoms with E-state index < -0.39 is 21.7 Å². The second-order valence-electron chi connectivity index (χ2n) is 3.90. The lowest BCUT2D eigenvalue weighted by molar-refractivity contribution is 0.0943. The molecule has 0 aliphatic carbocycles. The van der Waals surface area contributed by atoms with Crippen LogP contribution in [0.25, 0.3) is 0 Å². The molecule has 0 aliphatic heterocycles. The Morgan fingerprint density at radius 3 is 2.40 bits per heavy atom. The first-order valence-electron chi connectivity index (χ1n) is 5.52. The molecule has 2 N–H and O–H groups in total. The summed E-state index contributed by atoms with van der Waals surface area (Å²) in [5, 5.41) is 0. The molecular weight excluding hydrogens is 287 g/mol. The van der Waals surface area contributed by atoms with E-state index in [2.05, 4.69) is 0 Å². The van der Waals surface area contributed by atoms with Gasteiger partial charge >= 0.3 is 0 Å². The number of benzene rings is 1. The van der Waals surface area contributed by atoms with E-state index in [0.717, 1.165) is 24.3 Å². The number of hydrogen-bond acceptors (Lipinski definition) is 4. The second-order valence-corrected chi connectivity index (χ2v) is 5.59. The maximum Gasteiger partial charge on any atom is 0.269 e. The fourth-order valence-electron chi connectivity index (χ4n) is 1.47. The summed E-state index contributed by atoms with van der Waals surface area (Å²) in [7, 11) is -3.96. The summed E-state index contributed by atoms with van der Waals surface area (Å²) in [6.07, 6.45) is 1.32. The van der Waals surface area contributed by atoms with Gasteiger partial charge in [-0.05, 0) is 37.3 Å². The van der Waals surface area contributed by atoms with E-state index in [0.29, 0.717) is 5.76 Å². The molecule has 0 bridgehead atoms. The zero-order valence-electron chi connectivity index (χ0n) is 10.4. The minimum atomic E-state index is -3.96. The molecule has 0 fully saturated rings. The van der Waals surface area contributed by atoms with Gasteiger partial charge in [-0.1, -0.05) is 0 Å². The highest BCUT2D eigenvalue weighted by Crippen LogP contribution is 2.10. The number of aryl methyl sites for hydroxylation is 1. The van der Waals surface area contributed by atoms with Gasteiger partial charge in [0, 0.05) is 0 Å². The highest BCUT2D eigenvalue weighted by atomic mass is 32.2. The molecule has 0 atom stereocenters. The monoisotopic (exact) mass is 298 g/mol. The smallest absolute Gasteiger partial charge is 0.269 e. The van der Waals surface area contributed by atoms with Gasteiger partial charge in [-0.25, -0.2) is 12.8 Å². The van der Waals surface area contributed by atoms with Gasteiger partial charge in [0.25, 0.3) is 15.9 Å². The predicted octanol–water partition coefficient (Wildman–Crippen LogP) is 1.35. The topological polar surface area (TPSA) is 88.4 Å². The minimum absolute atomic E-state index is 0.164. The Bertz CT molecular complexity index is 722.